The zero-order valence-electron chi connectivity index (χ0n) is 12.4. The number of oxazole rings is 1. The minimum atomic E-state index is -0.602. The Morgan fingerprint density at radius 1 is 1.17 bits per heavy atom. The van der Waals surface area contributed by atoms with E-state index in [1.165, 1.54) is 0 Å². The first kappa shape index (κ1) is 14.2. The van der Waals surface area contributed by atoms with Gasteiger partial charge < -0.3 is 9.40 Å². The number of aromatic amines is 1. The van der Waals surface area contributed by atoms with Gasteiger partial charge in [-0.05, 0) is 18.2 Å². The highest BCUT2D eigenvalue weighted by atomic mass is 16.5. The number of imidazole rings is 1. The standard InChI is InChI=1S/C17H12N4O3/c22-16(21-23)11-6-7-14-12(8-11)20-17(24-14)13-9-18-15(19-13)10-4-2-1-3-5-10/h1-9,23H,(H,18,19)(H,21,22). The minimum absolute atomic E-state index is 0.291. The van der Waals surface area contributed by atoms with E-state index < -0.39 is 5.91 Å². The van der Waals surface area contributed by atoms with Crippen molar-refractivity contribution in [3.8, 4) is 23.0 Å². The van der Waals surface area contributed by atoms with Crippen LogP contribution in [0.25, 0.3) is 34.1 Å². The molecule has 0 aliphatic heterocycles. The van der Waals surface area contributed by atoms with Gasteiger partial charge in [0.1, 0.15) is 17.0 Å². The highest BCUT2D eigenvalue weighted by Crippen LogP contribution is 2.25. The highest BCUT2D eigenvalue weighted by Gasteiger charge is 2.13. The SMILES string of the molecule is O=C(NO)c1ccc2oc(-c3cnc(-c4ccccc4)[nH]3)nc2c1. The topological polar surface area (TPSA) is 104 Å². The number of carbonyl (C=O) groups excluding carboxylic acids is 1. The molecule has 2 aromatic heterocycles. The van der Waals surface area contributed by atoms with Crippen molar-refractivity contribution in [1.29, 1.82) is 0 Å². The number of aromatic nitrogens is 3. The van der Waals surface area contributed by atoms with Gasteiger partial charge in [0.05, 0.1) is 6.20 Å². The van der Waals surface area contributed by atoms with E-state index in [2.05, 4.69) is 15.0 Å². The van der Waals surface area contributed by atoms with Gasteiger partial charge in [-0.1, -0.05) is 30.3 Å². The molecule has 0 bridgehead atoms. The molecule has 1 amide bonds. The largest absolute Gasteiger partial charge is 0.435 e. The van der Waals surface area contributed by atoms with Crippen LogP contribution in [0.5, 0.6) is 0 Å². The Morgan fingerprint density at radius 2 is 2.00 bits per heavy atom. The van der Waals surface area contributed by atoms with Crippen LogP contribution in [0.4, 0.5) is 0 Å². The van der Waals surface area contributed by atoms with Gasteiger partial charge in [0.15, 0.2) is 5.58 Å². The summed E-state index contributed by atoms with van der Waals surface area (Å²) in [6.07, 6.45) is 1.65. The molecule has 0 aliphatic carbocycles. The molecular weight excluding hydrogens is 308 g/mol. The summed E-state index contributed by atoms with van der Waals surface area (Å²) >= 11 is 0. The van der Waals surface area contributed by atoms with Gasteiger partial charge in [0.2, 0.25) is 5.89 Å². The second kappa shape index (κ2) is 5.64. The van der Waals surface area contributed by atoms with E-state index in [1.807, 2.05) is 30.3 Å². The molecule has 0 saturated carbocycles. The zero-order chi connectivity index (χ0) is 16.5. The van der Waals surface area contributed by atoms with Gasteiger partial charge >= 0.3 is 0 Å². The van der Waals surface area contributed by atoms with Gasteiger partial charge in [-0.2, -0.15) is 0 Å². The molecule has 2 aromatic carbocycles. The van der Waals surface area contributed by atoms with Gasteiger partial charge in [0.25, 0.3) is 5.91 Å². The molecule has 4 aromatic rings. The van der Waals surface area contributed by atoms with Crippen LogP contribution < -0.4 is 5.48 Å². The molecule has 0 radical (unpaired) electrons. The fourth-order valence-corrected chi connectivity index (χ4v) is 2.42. The van der Waals surface area contributed by atoms with Crippen LogP contribution in [0.2, 0.25) is 0 Å². The van der Waals surface area contributed by atoms with Crippen LogP contribution in [-0.2, 0) is 0 Å². The Labute approximate surface area is 135 Å². The number of carbonyl (C=O) groups is 1. The Kier molecular flexibility index (Phi) is 3.33. The first-order valence-corrected chi connectivity index (χ1v) is 7.20. The number of hydrogen-bond donors (Lipinski definition) is 3. The fourth-order valence-electron chi connectivity index (χ4n) is 2.42. The van der Waals surface area contributed by atoms with Gasteiger partial charge in [-0.25, -0.2) is 15.4 Å². The summed E-state index contributed by atoms with van der Waals surface area (Å²) in [5, 5.41) is 8.70. The lowest BCUT2D eigenvalue weighted by atomic mass is 10.2. The van der Waals surface area contributed by atoms with E-state index in [-0.39, 0.29) is 0 Å². The van der Waals surface area contributed by atoms with E-state index in [0.717, 1.165) is 5.56 Å². The van der Waals surface area contributed by atoms with Crippen LogP contribution in [0.3, 0.4) is 0 Å². The average molecular weight is 320 g/mol. The molecule has 4 rings (SSSR count). The van der Waals surface area contributed by atoms with E-state index in [1.54, 1.807) is 29.9 Å². The van der Waals surface area contributed by atoms with Crippen LogP contribution >= 0.6 is 0 Å². The van der Waals surface area contributed by atoms with E-state index in [9.17, 15) is 4.79 Å². The monoisotopic (exact) mass is 320 g/mol. The first-order chi connectivity index (χ1) is 11.7. The predicted octanol–water partition coefficient (Wildman–Crippen LogP) is 3.00. The average Bonchev–Trinajstić information content (AvgIpc) is 3.27. The number of fused-ring (bicyclic) bond motifs is 1. The maximum Gasteiger partial charge on any atom is 0.274 e. The number of nitrogens with one attached hydrogen (secondary N) is 2. The van der Waals surface area contributed by atoms with Crippen molar-refractivity contribution < 1.29 is 14.4 Å². The second-order valence-corrected chi connectivity index (χ2v) is 5.15. The lowest BCUT2D eigenvalue weighted by Crippen LogP contribution is -2.18. The number of benzene rings is 2. The predicted molar refractivity (Wildman–Crippen MR) is 86.3 cm³/mol. The molecule has 3 N–H and O–H groups in total. The number of hydroxylamine groups is 1. The van der Waals surface area contributed by atoms with E-state index in [0.29, 0.717) is 34.1 Å². The number of amides is 1. The maximum atomic E-state index is 11.5. The van der Waals surface area contributed by atoms with Crippen molar-refractivity contribution >= 4 is 17.0 Å². The van der Waals surface area contributed by atoms with Gasteiger partial charge in [0, 0.05) is 11.1 Å². The lowest BCUT2D eigenvalue weighted by molar-refractivity contribution is 0.0706. The number of nitrogens with zero attached hydrogens (tertiary/aromatic N) is 2. The molecule has 118 valence electrons. The summed E-state index contributed by atoms with van der Waals surface area (Å²) in [7, 11) is 0. The first-order valence-electron chi connectivity index (χ1n) is 7.20. The molecule has 0 saturated heterocycles. The summed E-state index contributed by atoms with van der Waals surface area (Å²) < 4.78 is 5.70. The Morgan fingerprint density at radius 3 is 2.79 bits per heavy atom. The summed E-state index contributed by atoms with van der Waals surface area (Å²) in [6.45, 7) is 0. The lowest BCUT2D eigenvalue weighted by Gasteiger charge is -1.96. The van der Waals surface area contributed by atoms with Crippen LogP contribution in [-0.4, -0.2) is 26.1 Å². The maximum absolute atomic E-state index is 11.5. The van der Waals surface area contributed by atoms with Crippen LogP contribution in [0.1, 0.15) is 10.4 Å². The molecule has 7 nitrogen and oxygen atoms in total. The van der Waals surface area contributed by atoms with Gasteiger partial charge in [-0.3, -0.25) is 10.0 Å². The molecule has 0 unspecified atom stereocenters. The highest BCUT2D eigenvalue weighted by molar-refractivity contribution is 5.96. The number of rotatable bonds is 3. The normalized spacial score (nSPS) is 10.9. The van der Waals surface area contributed by atoms with E-state index >= 15 is 0 Å². The van der Waals surface area contributed by atoms with Crippen LogP contribution in [0, 0.1) is 0 Å². The van der Waals surface area contributed by atoms with Crippen molar-refractivity contribution in [3.63, 3.8) is 0 Å². The number of hydrogen-bond acceptors (Lipinski definition) is 5. The quantitative estimate of drug-likeness (QED) is 0.397. The summed E-state index contributed by atoms with van der Waals surface area (Å²) in [5.74, 6) is 0.490. The van der Waals surface area contributed by atoms with Crippen molar-refractivity contribution in [2.24, 2.45) is 0 Å². The van der Waals surface area contributed by atoms with Crippen molar-refractivity contribution in [2.75, 3.05) is 0 Å². The summed E-state index contributed by atoms with van der Waals surface area (Å²) in [5.41, 5.74) is 4.53. The van der Waals surface area contributed by atoms with Crippen molar-refractivity contribution in [3.05, 3.63) is 60.3 Å². The third-order valence-corrected chi connectivity index (χ3v) is 3.60. The molecule has 0 aliphatic rings. The molecule has 0 fully saturated rings. The molecular formula is C17H12N4O3. The summed E-state index contributed by atoms with van der Waals surface area (Å²) in [4.78, 5) is 23.3. The minimum Gasteiger partial charge on any atom is -0.435 e. The molecule has 0 atom stereocenters. The zero-order valence-corrected chi connectivity index (χ0v) is 12.4. The fraction of sp³-hybridized carbons (Fsp3) is 0. The third-order valence-electron chi connectivity index (χ3n) is 3.60. The smallest absolute Gasteiger partial charge is 0.274 e. The molecule has 2 heterocycles. The second-order valence-electron chi connectivity index (χ2n) is 5.15. The third kappa shape index (κ3) is 2.42. The van der Waals surface area contributed by atoms with Crippen molar-refractivity contribution in [1.82, 2.24) is 20.4 Å². The Bertz CT molecular complexity index is 1020. The molecule has 24 heavy (non-hydrogen) atoms. The Balaban J connectivity index is 1.72. The molecule has 7 heteroatoms. The van der Waals surface area contributed by atoms with Crippen molar-refractivity contribution in [2.45, 2.75) is 0 Å². The van der Waals surface area contributed by atoms with Crippen LogP contribution in [0.15, 0.2) is 59.1 Å². The Hall–Kier alpha value is -3.45. The molecule has 0 spiro atoms. The van der Waals surface area contributed by atoms with Gasteiger partial charge in [-0.15, -0.1) is 0 Å². The number of H-pyrrole nitrogens is 1. The van der Waals surface area contributed by atoms with E-state index in [4.69, 9.17) is 9.62 Å². The summed E-state index contributed by atoms with van der Waals surface area (Å²) in [6, 6.07) is 14.4.